The monoisotopic (exact) mass is 302 g/mol. The first-order valence-electron chi connectivity index (χ1n) is 8.27. The van der Waals surface area contributed by atoms with Gasteiger partial charge < -0.3 is 0 Å². The van der Waals surface area contributed by atoms with Crippen molar-refractivity contribution in [2.24, 2.45) is 0 Å². The minimum Gasteiger partial charge on any atom is -0.289 e. The lowest BCUT2D eigenvalue weighted by molar-refractivity contribution is -0.112. The van der Waals surface area contributed by atoms with E-state index in [-0.39, 0.29) is 5.78 Å². The van der Waals surface area contributed by atoms with Gasteiger partial charge in [0.15, 0.2) is 5.78 Å². The molecule has 0 amide bonds. The Bertz CT molecular complexity index is 496. The Morgan fingerprint density at radius 1 is 1.05 bits per heavy atom. The van der Waals surface area contributed by atoms with Crippen molar-refractivity contribution in [3.63, 3.8) is 0 Å². The van der Waals surface area contributed by atoms with Gasteiger partial charge in [0.2, 0.25) is 0 Å². The van der Waals surface area contributed by atoms with Crippen LogP contribution in [0.3, 0.4) is 0 Å². The van der Waals surface area contributed by atoms with Crippen LogP contribution < -0.4 is 0 Å². The minimum absolute atomic E-state index is 0.0578. The molecule has 22 heavy (non-hydrogen) atoms. The van der Waals surface area contributed by atoms with E-state index in [1.807, 2.05) is 53.7 Å². The zero-order chi connectivity index (χ0) is 17.9. The van der Waals surface area contributed by atoms with Crippen molar-refractivity contribution >= 4 is 5.78 Å². The van der Waals surface area contributed by atoms with Crippen molar-refractivity contribution in [3.8, 4) is 0 Å². The number of carbonyl (C=O) groups excluding carboxylic acids is 1. The fourth-order valence-electron chi connectivity index (χ4n) is 1.81. The van der Waals surface area contributed by atoms with Crippen LogP contribution in [-0.4, -0.2) is 5.78 Å². The molecule has 0 atom stereocenters. The van der Waals surface area contributed by atoms with E-state index in [0.717, 1.165) is 29.6 Å². The number of hydrogen-bond acceptors (Lipinski definition) is 1. The summed E-state index contributed by atoms with van der Waals surface area (Å²) in [5.41, 5.74) is 5.97. The van der Waals surface area contributed by atoms with Gasteiger partial charge in [-0.1, -0.05) is 63.6 Å². The lowest BCUT2D eigenvalue weighted by atomic mass is 9.89. The van der Waals surface area contributed by atoms with Gasteiger partial charge in [0, 0.05) is 11.1 Å². The van der Waals surface area contributed by atoms with Gasteiger partial charge >= 0.3 is 0 Å². The first kappa shape index (κ1) is 22.6. The molecular formula is C21H34O. The molecule has 0 aromatic carbocycles. The standard InChI is InChI=1S/C17H22O.2C2H6/c1-11(2)13(4)9-15(6)17(18)16-8-7-12(3)14(5)10-16;2*1-2/h9-10H,1,6-8H2,2-5H3;2*1-2H3/b13-9-;;. The molecule has 1 nitrogen and oxygen atoms in total. The number of rotatable bonds is 4. The first-order chi connectivity index (χ1) is 10.3. The van der Waals surface area contributed by atoms with Gasteiger partial charge in [-0.15, -0.1) is 0 Å². The molecule has 124 valence electrons. The molecule has 0 aromatic heterocycles. The minimum atomic E-state index is 0.0578. The predicted octanol–water partition coefficient (Wildman–Crippen LogP) is 6.74. The Morgan fingerprint density at radius 3 is 1.95 bits per heavy atom. The molecule has 1 aliphatic carbocycles. The van der Waals surface area contributed by atoms with E-state index in [1.165, 1.54) is 11.1 Å². The summed E-state index contributed by atoms with van der Waals surface area (Å²) >= 11 is 0. The highest BCUT2D eigenvalue weighted by atomic mass is 16.1. The molecule has 0 N–H and O–H groups in total. The molecule has 0 bridgehead atoms. The van der Waals surface area contributed by atoms with Crippen molar-refractivity contribution < 1.29 is 4.79 Å². The second-order valence-electron chi connectivity index (χ2n) is 5.09. The van der Waals surface area contributed by atoms with Crippen LogP contribution >= 0.6 is 0 Å². The zero-order valence-corrected chi connectivity index (χ0v) is 15.9. The average Bonchev–Trinajstić information content (AvgIpc) is 2.53. The first-order valence-corrected chi connectivity index (χ1v) is 8.27. The van der Waals surface area contributed by atoms with Crippen LogP contribution in [0.4, 0.5) is 0 Å². The third kappa shape index (κ3) is 7.40. The molecule has 0 aromatic rings. The molecule has 0 radical (unpaired) electrons. The second kappa shape index (κ2) is 12.0. The second-order valence-corrected chi connectivity index (χ2v) is 5.09. The van der Waals surface area contributed by atoms with Crippen molar-refractivity contribution in [3.05, 3.63) is 58.7 Å². The van der Waals surface area contributed by atoms with Gasteiger partial charge in [-0.25, -0.2) is 0 Å². The Morgan fingerprint density at radius 2 is 1.55 bits per heavy atom. The van der Waals surface area contributed by atoms with Crippen molar-refractivity contribution in [2.75, 3.05) is 0 Å². The Labute approximate surface area is 138 Å². The highest BCUT2D eigenvalue weighted by Gasteiger charge is 2.16. The maximum atomic E-state index is 12.2. The van der Waals surface area contributed by atoms with Crippen LogP contribution in [0.1, 0.15) is 68.2 Å². The molecule has 0 aliphatic heterocycles. The number of carbonyl (C=O) groups is 1. The number of hydrogen-bond donors (Lipinski definition) is 0. The van der Waals surface area contributed by atoms with Gasteiger partial charge in [-0.05, 0) is 52.2 Å². The summed E-state index contributed by atoms with van der Waals surface area (Å²) in [5, 5.41) is 0. The summed E-state index contributed by atoms with van der Waals surface area (Å²) in [7, 11) is 0. The molecule has 0 heterocycles. The predicted molar refractivity (Wildman–Crippen MR) is 101 cm³/mol. The van der Waals surface area contributed by atoms with Crippen molar-refractivity contribution in [1.29, 1.82) is 0 Å². The van der Waals surface area contributed by atoms with Gasteiger partial charge in [-0.2, -0.15) is 0 Å². The topological polar surface area (TPSA) is 17.1 Å². The Hall–Kier alpha value is -1.63. The Balaban J connectivity index is 0. The lowest BCUT2D eigenvalue weighted by Gasteiger charge is -2.15. The van der Waals surface area contributed by atoms with E-state index in [0.29, 0.717) is 5.57 Å². The molecule has 0 saturated heterocycles. The number of ketones is 1. The summed E-state index contributed by atoms with van der Waals surface area (Å²) in [6.07, 6.45) is 5.61. The molecule has 1 rings (SSSR count). The van der Waals surface area contributed by atoms with Crippen molar-refractivity contribution in [1.82, 2.24) is 0 Å². The molecule has 0 spiro atoms. The van der Waals surface area contributed by atoms with Gasteiger partial charge in [0.1, 0.15) is 0 Å². The molecule has 0 fully saturated rings. The van der Waals surface area contributed by atoms with Gasteiger partial charge in [-0.3, -0.25) is 4.79 Å². The van der Waals surface area contributed by atoms with Crippen LogP contribution in [-0.2, 0) is 4.79 Å². The summed E-state index contributed by atoms with van der Waals surface area (Å²) in [5.74, 6) is 0.0578. The van der Waals surface area contributed by atoms with E-state index < -0.39 is 0 Å². The molecule has 1 heteroatoms. The maximum Gasteiger partial charge on any atom is 0.188 e. The summed E-state index contributed by atoms with van der Waals surface area (Å²) in [6, 6.07) is 0. The van der Waals surface area contributed by atoms with Gasteiger partial charge in [0.05, 0.1) is 0 Å². The number of Topliss-reactive ketones (excluding diaryl/α,β-unsaturated/α-hetero) is 1. The normalized spacial score (nSPS) is 14.0. The van der Waals surface area contributed by atoms with E-state index >= 15 is 0 Å². The molecular weight excluding hydrogens is 268 g/mol. The lowest BCUT2D eigenvalue weighted by Crippen LogP contribution is -2.08. The summed E-state index contributed by atoms with van der Waals surface area (Å²) in [6.45, 7) is 23.8. The average molecular weight is 303 g/mol. The fourth-order valence-corrected chi connectivity index (χ4v) is 1.81. The van der Waals surface area contributed by atoms with Crippen LogP contribution in [0.25, 0.3) is 0 Å². The van der Waals surface area contributed by atoms with Crippen LogP contribution in [0, 0.1) is 0 Å². The summed E-state index contributed by atoms with van der Waals surface area (Å²) in [4.78, 5) is 12.2. The molecule has 0 saturated carbocycles. The van der Waals surface area contributed by atoms with Gasteiger partial charge in [0.25, 0.3) is 0 Å². The SMILES string of the molecule is C=C(/C=C(/C)C(=C)C)C(=O)C1=CC(C)=C(C)CC1.CC.CC. The quantitative estimate of drug-likeness (QED) is 0.415. The smallest absolute Gasteiger partial charge is 0.188 e. The third-order valence-electron chi connectivity index (χ3n) is 3.48. The summed E-state index contributed by atoms with van der Waals surface area (Å²) < 4.78 is 0. The van der Waals surface area contributed by atoms with Crippen LogP contribution in [0.2, 0.25) is 0 Å². The highest BCUT2D eigenvalue weighted by Crippen LogP contribution is 2.25. The molecule has 1 aliphatic rings. The van der Waals surface area contributed by atoms with E-state index in [2.05, 4.69) is 27.0 Å². The van der Waals surface area contributed by atoms with E-state index in [1.54, 1.807) is 0 Å². The van der Waals surface area contributed by atoms with E-state index in [4.69, 9.17) is 0 Å². The Kier molecular flexibility index (Phi) is 12.3. The van der Waals surface area contributed by atoms with E-state index in [9.17, 15) is 4.79 Å². The van der Waals surface area contributed by atoms with Crippen LogP contribution in [0.15, 0.2) is 58.7 Å². The van der Waals surface area contributed by atoms with Crippen LogP contribution in [0.5, 0.6) is 0 Å². The van der Waals surface area contributed by atoms with Crippen molar-refractivity contribution in [2.45, 2.75) is 68.2 Å². The highest BCUT2D eigenvalue weighted by molar-refractivity contribution is 6.10. The fraction of sp³-hybridized carbons (Fsp3) is 0.476. The molecule has 0 unspecified atom stereocenters. The zero-order valence-electron chi connectivity index (χ0n) is 15.9. The number of allylic oxidation sites excluding steroid dienone is 8. The maximum absolute atomic E-state index is 12.2. The third-order valence-corrected chi connectivity index (χ3v) is 3.48. The largest absolute Gasteiger partial charge is 0.289 e.